The number of halogens is 1. The fourth-order valence-corrected chi connectivity index (χ4v) is 3.53. The minimum absolute atomic E-state index is 0.0295. The molecule has 1 N–H and O–H groups in total. The molecule has 1 aliphatic heterocycles. The molecule has 1 heterocycles. The van der Waals surface area contributed by atoms with Crippen molar-refractivity contribution in [1.82, 2.24) is 4.90 Å². The van der Waals surface area contributed by atoms with E-state index in [2.05, 4.69) is 0 Å². The minimum atomic E-state index is -0.305. The zero-order valence-electron chi connectivity index (χ0n) is 14.9. The Morgan fingerprint density at radius 3 is 2.24 bits per heavy atom. The summed E-state index contributed by atoms with van der Waals surface area (Å²) < 4.78 is 0. The van der Waals surface area contributed by atoms with Crippen molar-refractivity contribution in [1.29, 1.82) is 0 Å². The lowest BCUT2D eigenvalue weighted by Crippen LogP contribution is -2.39. The third-order valence-corrected chi connectivity index (χ3v) is 5.01. The van der Waals surface area contributed by atoms with Crippen molar-refractivity contribution in [2.45, 2.75) is 39.8 Å². The van der Waals surface area contributed by atoms with E-state index < -0.39 is 0 Å². The van der Waals surface area contributed by atoms with Gasteiger partial charge in [-0.15, -0.1) is 0 Å². The molecule has 1 amide bonds. The molecule has 130 valence electrons. The molecule has 25 heavy (non-hydrogen) atoms. The van der Waals surface area contributed by atoms with Gasteiger partial charge in [0.2, 0.25) is 0 Å². The summed E-state index contributed by atoms with van der Waals surface area (Å²) in [6.07, 6.45) is 0. The van der Waals surface area contributed by atoms with Gasteiger partial charge in [0.25, 0.3) is 5.91 Å². The summed E-state index contributed by atoms with van der Waals surface area (Å²) in [5, 5.41) is 11.3. The monoisotopic (exact) mass is 355 g/mol. The lowest BCUT2D eigenvalue weighted by Gasteiger charge is -2.26. The van der Waals surface area contributed by atoms with Crippen LogP contribution in [0, 0.1) is 6.92 Å². The van der Waals surface area contributed by atoms with Gasteiger partial charge < -0.3 is 10.0 Å². The highest BCUT2D eigenvalue weighted by atomic mass is 35.5. The maximum atomic E-state index is 12.9. The van der Waals surface area contributed by atoms with Crippen LogP contribution in [0.3, 0.4) is 0 Å². The molecule has 0 radical (unpaired) electrons. The highest BCUT2D eigenvalue weighted by Crippen LogP contribution is 2.36. The summed E-state index contributed by atoms with van der Waals surface area (Å²) in [5.41, 5.74) is 4.16. The number of aliphatic hydroxyl groups is 1. The molecule has 0 aliphatic carbocycles. The SMILES string of the molecule is Cc1ccc(-c2ccc(Cl)cc2)cc1C1=C(O)C(C)N(C(C)C)C1=O. The predicted octanol–water partition coefficient (Wildman–Crippen LogP) is 5.22. The first-order chi connectivity index (χ1) is 11.8. The summed E-state index contributed by atoms with van der Waals surface area (Å²) in [6.45, 7) is 7.74. The Labute approximate surface area is 153 Å². The van der Waals surface area contributed by atoms with E-state index in [-0.39, 0.29) is 23.8 Å². The summed E-state index contributed by atoms with van der Waals surface area (Å²) >= 11 is 5.97. The number of hydrogen-bond donors (Lipinski definition) is 1. The molecule has 4 heteroatoms. The van der Waals surface area contributed by atoms with E-state index in [9.17, 15) is 9.90 Å². The summed E-state index contributed by atoms with van der Waals surface area (Å²) in [7, 11) is 0. The van der Waals surface area contributed by atoms with Crippen LogP contribution in [-0.4, -0.2) is 28.0 Å². The molecule has 1 unspecified atom stereocenters. The van der Waals surface area contributed by atoms with Crippen molar-refractivity contribution in [2.75, 3.05) is 0 Å². The number of benzene rings is 2. The van der Waals surface area contributed by atoms with E-state index in [0.29, 0.717) is 10.6 Å². The van der Waals surface area contributed by atoms with Crippen LogP contribution in [0.25, 0.3) is 16.7 Å². The Hall–Kier alpha value is -2.26. The van der Waals surface area contributed by atoms with E-state index in [4.69, 9.17) is 11.6 Å². The Morgan fingerprint density at radius 2 is 1.68 bits per heavy atom. The molecular weight excluding hydrogens is 334 g/mol. The molecule has 2 aromatic carbocycles. The van der Waals surface area contributed by atoms with Crippen molar-refractivity contribution >= 4 is 23.1 Å². The largest absolute Gasteiger partial charge is 0.509 e. The standard InChI is InChI=1S/C21H22ClNO2/c1-12(2)23-14(4)20(24)19(21(23)25)18-11-16(6-5-13(18)3)15-7-9-17(22)10-8-15/h5-12,14,24H,1-4H3. The zero-order chi connectivity index (χ0) is 18.3. The van der Waals surface area contributed by atoms with Gasteiger partial charge in [0.1, 0.15) is 5.76 Å². The first kappa shape index (κ1) is 17.6. The Morgan fingerprint density at radius 1 is 1.08 bits per heavy atom. The Kier molecular flexibility index (Phi) is 4.61. The van der Waals surface area contributed by atoms with Gasteiger partial charge >= 0.3 is 0 Å². The van der Waals surface area contributed by atoms with Crippen LogP contribution in [0.4, 0.5) is 0 Å². The third-order valence-electron chi connectivity index (χ3n) is 4.76. The van der Waals surface area contributed by atoms with Crippen molar-refractivity contribution < 1.29 is 9.90 Å². The van der Waals surface area contributed by atoms with E-state index in [1.54, 1.807) is 4.90 Å². The summed E-state index contributed by atoms with van der Waals surface area (Å²) in [5.74, 6) is 0.0337. The van der Waals surface area contributed by atoms with Gasteiger partial charge in [-0.3, -0.25) is 4.79 Å². The quantitative estimate of drug-likeness (QED) is 0.819. The van der Waals surface area contributed by atoms with Gasteiger partial charge in [-0.1, -0.05) is 35.9 Å². The first-order valence-electron chi connectivity index (χ1n) is 8.44. The number of hydrogen-bond acceptors (Lipinski definition) is 2. The normalized spacial score (nSPS) is 17.8. The van der Waals surface area contributed by atoms with Crippen LogP contribution < -0.4 is 0 Å². The molecule has 2 aromatic rings. The van der Waals surface area contributed by atoms with Gasteiger partial charge in [0, 0.05) is 11.1 Å². The molecule has 0 saturated heterocycles. The number of aryl methyl sites for hydroxylation is 1. The average Bonchev–Trinajstić information content (AvgIpc) is 2.79. The van der Waals surface area contributed by atoms with Crippen LogP contribution in [0.2, 0.25) is 5.02 Å². The Balaban J connectivity index is 2.10. The van der Waals surface area contributed by atoms with Crippen LogP contribution >= 0.6 is 11.6 Å². The first-order valence-corrected chi connectivity index (χ1v) is 8.81. The van der Waals surface area contributed by atoms with E-state index >= 15 is 0 Å². The number of nitrogens with zero attached hydrogens (tertiary/aromatic N) is 1. The van der Waals surface area contributed by atoms with Gasteiger partial charge in [0.15, 0.2) is 0 Å². The topological polar surface area (TPSA) is 40.5 Å². The second kappa shape index (κ2) is 6.57. The maximum Gasteiger partial charge on any atom is 0.258 e. The molecule has 3 nitrogen and oxygen atoms in total. The predicted molar refractivity (Wildman–Crippen MR) is 103 cm³/mol. The van der Waals surface area contributed by atoms with Gasteiger partial charge in [0.05, 0.1) is 11.6 Å². The fraction of sp³-hybridized carbons (Fsp3) is 0.286. The van der Waals surface area contributed by atoms with E-state index in [1.165, 1.54) is 0 Å². The van der Waals surface area contributed by atoms with Crippen LogP contribution in [0.15, 0.2) is 48.2 Å². The van der Waals surface area contributed by atoms with Gasteiger partial charge in [-0.05, 0) is 68.1 Å². The lowest BCUT2D eigenvalue weighted by molar-refractivity contribution is -0.126. The van der Waals surface area contributed by atoms with E-state index in [1.807, 2.05) is 70.2 Å². The molecule has 0 saturated carbocycles. The highest BCUT2D eigenvalue weighted by molar-refractivity contribution is 6.30. The zero-order valence-corrected chi connectivity index (χ0v) is 15.6. The minimum Gasteiger partial charge on any atom is -0.509 e. The summed E-state index contributed by atoms with van der Waals surface area (Å²) in [6, 6.07) is 13.3. The summed E-state index contributed by atoms with van der Waals surface area (Å²) in [4.78, 5) is 14.6. The molecule has 0 bridgehead atoms. The van der Waals surface area contributed by atoms with Gasteiger partial charge in [-0.2, -0.15) is 0 Å². The highest BCUT2D eigenvalue weighted by Gasteiger charge is 2.39. The number of carbonyl (C=O) groups is 1. The molecule has 3 rings (SSSR count). The second-order valence-electron chi connectivity index (χ2n) is 6.78. The third kappa shape index (κ3) is 3.05. The fourth-order valence-electron chi connectivity index (χ4n) is 3.40. The molecule has 0 aromatic heterocycles. The molecule has 1 atom stereocenters. The number of rotatable bonds is 3. The van der Waals surface area contributed by atoms with Crippen molar-refractivity contribution in [3.63, 3.8) is 0 Å². The van der Waals surface area contributed by atoms with Crippen LogP contribution in [-0.2, 0) is 4.79 Å². The number of amides is 1. The number of aliphatic hydroxyl groups excluding tert-OH is 1. The average molecular weight is 356 g/mol. The van der Waals surface area contributed by atoms with Crippen molar-refractivity contribution in [2.24, 2.45) is 0 Å². The maximum absolute atomic E-state index is 12.9. The lowest BCUT2D eigenvalue weighted by atomic mass is 9.94. The van der Waals surface area contributed by atoms with Crippen molar-refractivity contribution in [3.8, 4) is 11.1 Å². The number of carbonyl (C=O) groups excluding carboxylic acids is 1. The Bertz CT molecular complexity index is 853. The van der Waals surface area contributed by atoms with Crippen LogP contribution in [0.1, 0.15) is 31.9 Å². The smallest absolute Gasteiger partial charge is 0.258 e. The second-order valence-corrected chi connectivity index (χ2v) is 7.22. The van der Waals surface area contributed by atoms with Crippen molar-refractivity contribution in [3.05, 3.63) is 64.4 Å². The van der Waals surface area contributed by atoms with Crippen LogP contribution in [0.5, 0.6) is 0 Å². The van der Waals surface area contributed by atoms with E-state index in [0.717, 1.165) is 22.3 Å². The molecular formula is C21H22ClNO2. The molecule has 0 spiro atoms. The van der Waals surface area contributed by atoms with Gasteiger partial charge in [-0.25, -0.2) is 0 Å². The molecule has 1 aliphatic rings. The molecule has 0 fully saturated rings.